The van der Waals surface area contributed by atoms with Gasteiger partial charge < -0.3 is 24.4 Å². The van der Waals surface area contributed by atoms with E-state index in [-0.39, 0.29) is 11.8 Å². The minimum Gasteiger partial charge on any atom is -0.496 e. The molecule has 0 aromatic heterocycles. The number of carbonyl (C=O) groups excluding carboxylic acids is 2. The standard InChI is InChI=1S/C21H26N2O5/c1-6-23(14(2)24)13-15-8-7-9-16(10-15)22-21(25)17-11-19(27-4)20(28-5)12-18(17)26-3/h7-12H,6,13H2,1-5H3,(H,22,25). The normalized spacial score (nSPS) is 10.2. The first kappa shape index (κ1) is 21.1. The molecular formula is C21H26N2O5. The van der Waals surface area contributed by atoms with Crippen LogP contribution in [0.15, 0.2) is 36.4 Å². The van der Waals surface area contributed by atoms with Gasteiger partial charge in [-0.3, -0.25) is 9.59 Å². The van der Waals surface area contributed by atoms with Crippen molar-refractivity contribution in [3.8, 4) is 17.2 Å². The number of hydrogen-bond donors (Lipinski definition) is 1. The average Bonchev–Trinajstić information content (AvgIpc) is 2.70. The largest absolute Gasteiger partial charge is 0.496 e. The average molecular weight is 386 g/mol. The van der Waals surface area contributed by atoms with E-state index in [2.05, 4.69) is 5.32 Å². The molecule has 0 saturated heterocycles. The van der Waals surface area contributed by atoms with Crippen LogP contribution in [0.4, 0.5) is 5.69 Å². The van der Waals surface area contributed by atoms with Gasteiger partial charge in [0.15, 0.2) is 11.5 Å². The third kappa shape index (κ3) is 4.94. The minimum atomic E-state index is -0.339. The van der Waals surface area contributed by atoms with E-state index in [1.54, 1.807) is 30.0 Å². The fourth-order valence-electron chi connectivity index (χ4n) is 2.82. The van der Waals surface area contributed by atoms with Crippen molar-refractivity contribution < 1.29 is 23.8 Å². The van der Waals surface area contributed by atoms with Gasteiger partial charge in [0.1, 0.15) is 5.75 Å². The molecule has 2 rings (SSSR count). The van der Waals surface area contributed by atoms with E-state index in [0.717, 1.165) is 5.56 Å². The smallest absolute Gasteiger partial charge is 0.259 e. The van der Waals surface area contributed by atoms with Crippen molar-refractivity contribution in [1.82, 2.24) is 4.90 Å². The summed E-state index contributed by atoms with van der Waals surface area (Å²) in [5.74, 6) is 0.949. The van der Waals surface area contributed by atoms with Crippen LogP contribution in [-0.2, 0) is 11.3 Å². The fourth-order valence-corrected chi connectivity index (χ4v) is 2.82. The molecule has 0 aliphatic rings. The molecule has 0 aliphatic heterocycles. The fraction of sp³-hybridized carbons (Fsp3) is 0.333. The van der Waals surface area contributed by atoms with Gasteiger partial charge in [-0.15, -0.1) is 0 Å². The molecule has 1 N–H and O–H groups in total. The lowest BCUT2D eigenvalue weighted by Gasteiger charge is -2.19. The van der Waals surface area contributed by atoms with Gasteiger partial charge in [-0.2, -0.15) is 0 Å². The van der Waals surface area contributed by atoms with Crippen molar-refractivity contribution in [3.05, 3.63) is 47.5 Å². The highest BCUT2D eigenvalue weighted by Crippen LogP contribution is 2.35. The number of anilines is 1. The first-order valence-electron chi connectivity index (χ1n) is 8.89. The maximum atomic E-state index is 12.8. The number of nitrogens with one attached hydrogen (secondary N) is 1. The van der Waals surface area contributed by atoms with Crippen molar-refractivity contribution in [2.24, 2.45) is 0 Å². The molecule has 0 fully saturated rings. The lowest BCUT2D eigenvalue weighted by atomic mass is 10.1. The summed E-state index contributed by atoms with van der Waals surface area (Å²) >= 11 is 0. The molecule has 28 heavy (non-hydrogen) atoms. The Hall–Kier alpha value is -3.22. The molecule has 2 aromatic rings. The van der Waals surface area contributed by atoms with Crippen LogP contribution in [0, 0.1) is 0 Å². The summed E-state index contributed by atoms with van der Waals surface area (Å²) in [4.78, 5) is 26.2. The van der Waals surface area contributed by atoms with Gasteiger partial charge in [-0.25, -0.2) is 0 Å². The summed E-state index contributed by atoms with van der Waals surface area (Å²) < 4.78 is 15.8. The second kappa shape index (κ2) is 9.64. The van der Waals surface area contributed by atoms with Gasteiger partial charge in [-0.1, -0.05) is 12.1 Å². The number of carbonyl (C=O) groups is 2. The summed E-state index contributed by atoms with van der Waals surface area (Å²) in [6.45, 7) is 4.57. The summed E-state index contributed by atoms with van der Waals surface area (Å²) in [5.41, 5.74) is 1.87. The molecule has 2 aromatic carbocycles. The Morgan fingerprint density at radius 2 is 1.61 bits per heavy atom. The van der Waals surface area contributed by atoms with Crippen LogP contribution in [0.5, 0.6) is 17.2 Å². The molecule has 0 radical (unpaired) electrons. The summed E-state index contributed by atoms with van der Waals surface area (Å²) in [5, 5.41) is 2.86. The van der Waals surface area contributed by atoms with Gasteiger partial charge >= 0.3 is 0 Å². The zero-order valence-corrected chi connectivity index (χ0v) is 16.9. The molecular weight excluding hydrogens is 360 g/mol. The van der Waals surface area contributed by atoms with Gasteiger partial charge in [-0.05, 0) is 24.6 Å². The van der Waals surface area contributed by atoms with Crippen LogP contribution in [-0.4, -0.2) is 44.6 Å². The number of nitrogens with zero attached hydrogens (tertiary/aromatic N) is 1. The number of benzene rings is 2. The van der Waals surface area contributed by atoms with Gasteiger partial charge in [0.2, 0.25) is 5.91 Å². The van der Waals surface area contributed by atoms with E-state index in [1.807, 2.05) is 25.1 Å². The number of hydrogen-bond acceptors (Lipinski definition) is 5. The number of amides is 2. The van der Waals surface area contributed by atoms with Crippen LogP contribution < -0.4 is 19.5 Å². The first-order valence-corrected chi connectivity index (χ1v) is 8.89. The zero-order valence-electron chi connectivity index (χ0n) is 16.9. The Morgan fingerprint density at radius 3 is 2.18 bits per heavy atom. The monoisotopic (exact) mass is 386 g/mol. The Kier molecular flexibility index (Phi) is 7.26. The highest BCUT2D eigenvalue weighted by molar-refractivity contribution is 6.06. The molecule has 0 saturated carbocycles. The maximum absolute atomic E-state index is 12.8. The molecule has 150 valence electrons. The van der Waals surface area contributed by atoms with E-state index in [9.17, 15) is 9.59 Å². The van der Waals surface area contributed by atoms with E-state index < -0.39 is 0 Å². The number of rotatable bonds is 8. The molecule has 2 amide bonds. The predicted octanol–water partition coefficient (Wildman–Crippen LogP) is 3.33. The second-order valence-electron chi connectivity index (χ2n) is 6.10. The van der Waals surface area contributed by atoms with Gasteiger partial charge in [0, 0.05) is 37.8 Å². The summed E-state index contributed by atoms with van der Waals surface area (Å²) in [6.07, 6.45) is 0. The topological polar surface area (TPSA) is 77.1 Å². The van der Waals surface area contributed by atoms with Gasteiger partial charge in [0.25, 0.3) is 5.91 Å². The Labute approximate surface area is 165 Å². The summed E-state index contributed by atoms with van der Waals surface area (Å²) in [7, 11) is 4.51. The van der Waals surface area contributed by atoms with E-state index in [0.29, 0.717) is 41.6 Å². The highest BCUT2D eigenvalue weighted by Gasteiger charge is 2.18. The maximum Gasteiger partial charge on any atom is 0.259 e. The van der Waals surface area contributed by atoms with Crippen LogP contribution in [0.1, 0.15) is 29.8 Å². The van der Waals surface area contributed by atoms with E-state index in [4.69, 9.17) is 14.2 Å². The van der Waals surface area contributed by atoms with Crippen molar-refractivity contribution in [2.75, 3.05) is 33.2 Å². The van der Waals surface area contributed by atoms with Crippen molar-refractivity contribution in [2.45, 2.75) is 20.4 Å². The lowest BCUT2D eigenvalue weighted by molar-refractivity contribution is -0.129. The zero-order chi connectivity index (χ0) is 20.7. The van der Waals surface area contributed by atoms with E-state index in [1.165, 1.54) is 21.3 Å². The molecule has 0 unspecified atom stereocenters. The molecule has 0 bridgehead atoms. The third-order valence-electron chi connectivity index (χ3n) is 4.34. The molecule has 0 aliphatic carbocycles. The minimum absolute atomic E-state index is 0.00648. The Balaban J connectivity index is 2.25. The number of ether oxygens (including phenoxy) is 3. The summed E-state index contributed by atoms with van der Waals surface area (Å²) in [6, 6.07) is 10.6. The van der Waals surface area contributed by atoms with Crippen LogP contribution in [0.2, 0.25) is 0 Å². The lowest BCUT2D eigenvalue weighted by Crippen LogP contribution is -2.27. The van der Waals surface area contributed by atoms with Crippen LogP contribution >= 0.6 is 0 Å². The van der Waals surface area contributed by atoms with Gasteiger partial charge in [0.05, 0.1) is 26.9 Å². The molecule has 0 atom stereocenters. The Morgan fingerprint density at radius 1 is 0.964 bits per heavy atom. The Bertz CT molecular complexity index is 851. The van der Waals surface area contributed by atoms with Crippen LogP contribution in [0.3, 0.4) is 0 Å². The SMILES string of the molecule is CCN(Cc1cccc(NC(=O)c2cc(OC)c(OC)cc2OC)c1)C(C)=O. The number of methoxy groups -OCH3 is 3. The molecule has 0 spiro atoms. The quantitative estimate of drug-likeness (QED) is 0.753. The van der Waals surface area contributed by atoms with Crippen molar-refractivity contribution >= 4 is 17.5 Å². The molecule has 0 heterocycles. The predicted molar refractivity (Wildman–Crippen MR) is 107 cm³/mol. The van der Waals surface area contributed by atoms with E-state index >= 15 is 0 Å². The third-order valence-corrected chi connectivity index (χ3v) is 4.34. The van der Waals surface area contributed by atoms with Crippen molar-refractivity contribution in [1.29, 1.82) is 0 Å². The van der Waals surface area contributed by atoms with Crippen molar-refractivity contribution in [3.63, 3.8) is 0 Å². The second-order valence-corrected chi connectivity index (χ2v) is 6.10. The first-order chi connectivity index (χ1) is 13.4. The molecule has 7 heteroatoms. The highest BCUT2D eigenvalue weighted by atomic mass is 16.5. The molecule has 7 nitrogen and oxygen atoms in total. The van der Waals surface area contributed by atoms with Crippen LogP contribution in [0.25, 0.3) is 0 Å².